The van der Waals surface area contributed by atoms with Crippen molar-refractivity contribution in [1.29, 1.82) is 0 Å². The fraction of sp³-hybridized carbons (Fsp3) is 0.778. The zero-order chi connectivity index (χ0) is 13.6. The van der Waals surface area contributed by atoms with Gasteiger partial charge in [0.1, 0.15) is 13.1 Å². The average molecular weight is 256 g/mol. The molecular weight excluding hydrogens is 241 g/mol. The molecule has 0 aromatic heterocycles. The van der Waals surface area contributed by atoms with E-state index in [4.69, 9.17) is 5.11 Å². The van der Waals surface area contributed by atoms with Crippen LogP contribution in [0.3, 0.4) is 0 Å². The van der Waals surface area contributed by atoms with Crippen LogP contribution in [-0.2, 0) is 4.79 Å². The zero-order valence-electron chi connectivity index (χ0n) is 9.54. The molecule has 0 rings (SSSR count). The summed E-state index contributed by atoms with van der Waals surface area (Å²) in [6.07, 6.45) is -4.06. The van der Waals surface area contributed by atoms with Gasteiger partial charge in [-0.05, 0) is 13.3 Å². The number of carboxylic acid groups (broad SMARTS) is 1. The lowest BCUT2D eigenvalue weighted by molar-refractivity contribution is -0.138. The number of amides is 2. The SMILES string of the molecule is CCC(C)N(CC(=O)O)C(=O)NCC(F)(F)F. The smallest absolute Gasteiger partial charge is 0.405 e. The second-order valence-electron chi connectivity index (χ2n) is 3.55. The first-order valence-electron chi connectivity index (χ1n) is 5.00. The number of carboxylic acids is 1. The zero-order valence-corrected chi connectivity index (χ0v) is 9.54. The molecule has 0 heterocycles. The molecule has 0 spiro atoms. The standard InChI is InChI=1S/C9H15F3N2O3/c1-3-6(2)14(4-7(15)16)8(17)13-5-9(10,11)12/h6H,3-5H2,1-2H3,(H,13,17)(H,15,16). The largest absolute Gasteiger partial charge is 0.480 e. The first-order chi connectivity index (χ1) is 7.67. The van der Waals surface area contributed by atoms with Crippen molar-refractivity contribution in [3.63, 3.8) is 0 Å². The minimum absolute atomic E-state index is 0.445. The Morgan fingerprint density at radius 1 is 1.41 bits per heavy atom. The molecule has 100 valence electrons. The lowest BCUT2D eigenvalue weighted by atomic mass is 10.2. The lowest BCUT2D eigenvalue weighted by Gasteiger charge is -2.27. The summed E-state index contributed by atoms with van der Waals surface area (Å²) >= 11 is 0. The second kappa shape index (κ2) is 6.31. The van der Waals surface area contributed by atoms with Crippen LogP contribution in [0.2, 0.25) is 0 Å². The van der Waals surface area contributed by atoms with Gasteiger partial charge in [-0.2, -0.15) is 13.2 Å². The average Bonchev–Trinajstić information content (AvgIpc) is 2.20. The van der Waals surface area contributed by atoms with E-state index >= 15 is 0 Å². The molecule has 0 saturated carbocycles. The van der Waals surface area contributed by atoms with Gasteiger partial charge >= 0.3 is 18.2 Å². The lowest BCUT2D eigenvalue weighted by Crippen LogP contribution is -2.49. The quantitative estimate of drug-likeness (QED) is 0.782. The van der Waals surface area contributed by atoms with Gasteiger partial charge < -0.3 is 15.3 Å². The summed E-state index contributed by atoms with van der Waals surface area (Å²) < 4.78 is 35.6. The number of aliphatic carboxylic acids is 1. The molecule has 0 aromatic carbocycles. The molecule has 0 aromatic rings. The monoisotopic (exact) mass is 256 g/mol. The topological polar surface area (TPSA) is 69.6 Å². The van der Waals surface area contributed by atoms with Gasteiger partial charge in [-0.15, -0.1) is 0 Å². The third-order valence-electron chi connectivity index (χ3n) is 2.13. The fourth-order valence-corrected chi connectivity index (χ4v) is 1.07. The highest BCUT2D eigenvalue weighted by Gasteiger charge is 2.30. The number of alkyl halides is 3. The van der Waals surface area contributed by atoms with Crippen molar-refractivity contribution < 1.29 is 27.9 Å². The van der Waals surface area contributed by atoms with Crippen molar-refractivity contribution in [2.75, 3.05) is 13.1 Å². The van der Waals surface area contributed by atoms with Crippen molar-refractivity contribution in [2.45, 2.75) is 32.5 Å². The van der Waals surface area contributed by atoms with E-state index < -0.39 is 37.3 Å². The number of hydrogen-bond donors (Lipinski definition) is 2. The van der Waals surface area contributed by atoms with Crippen LogP contribution in [-0.4, -0.2) is 47.3 Å². The molecule has 8 heteroatoms. The van der Waals surface area contributed by atoms with Crippen molar-refractivity contribution in [1.82, 2.24) is 10.2 Å². The first kappa shape index (κ1) is 15.5. The van der Waals surface area contributed by atoms with Gasteiger partial charge in [-0.3, -0.25) is 4.79 Å². The van der Waals surface area contributed by atoms with Crippen molar-refractivity contribution >= 4 is 12.0 Å². The summed E-state index contributed by atoms with van der Waals surface area (Å²) in [5.74, 6) is -1.27. The van der Waals surface area contributed by atoms with Crippen LogP contribution in [0.25, 0.3) is 0 Å². The molecule has 0 radical (unpaired) electrons. The van der Waals surface area contributed by atoms with Crippen LogP contribution < -0.4 is 5.32 Å². The van der Waals surface area contributed by atoms with E-state index in [1.54, 1.807) is 19.2 Å². The van der Waals surface area contributed by atoms with Crippen molar-refractivity contribution in [2.24, 2.45) is 0 Å². The van der Waals surface area contributed by atoms with Crippen LogP contribution in [0, 0.1) is 0 Å². The number of hydrogen-bond acceptors (Lipinski definition) is 2. The summed E-state index contributed by atoms with van der Waals surface area (Å²) in [5, 5.41) is 10.2. The number of carbonyl (C=O) groups is 2. The van der Waals surface area contributed by atoms with E-state index in [0.717, 1.165) is 4.90 Å². The minimum Gasteiger partial charge on any atom is -0.480 e. The van der Waals surface area contributed by atoms with Crippen LogP contribution in [0.5, 0.6) is 0 Å². The summed E-state index contributed by atoms with van der Waals surface area (Å²) in [6, 6.07) is -1.47. The number of rotatable bonds is 5. The Bertz CT molecular complexity index is 281. The molecular formula is C9H15F3N2O3. The van der Waals surface area contributed by atoms with Gasteiger partial charge in [0.05, 0.1) is 0 Å². The predicted molar refractivity (Wildman–Crippen MR) is 53.5 cm³/mol. The van der Waals surface area contributed by atoms with Gasteiger partial charge in [-0.1, -0.05) is 6.92 Å². The second-order valence-corrected chi connectivity index (χ2v) is 3.55. The summed E-state index contributed by atoms with van der Waals surface area (Å²) in [6.45, 7) is 1.17. The van der Waals surface area contributed by atoms with E-state index in [9.17, 15) is 22.8 Å². The highest BCUT2D eigenvalue weighted by molar-refractivity contribution is 5.80. The highest BCUT2D eigenvalue weighted by atomic mass is 19.4. The van der Waals surface area contributed by atoms with Crippen molar-refractivity contribution in [3.8, 4) is 0 Å². The number of urea groups is 1. The van der Waals surface area contributed by atoms with Crippen LogP contribution >= 0.6 is 0 Å². The predicted octanol–water partition coefficient (Wildman–Crippen LogP) is 1.44. The Labute approximate surface area is 96.6 Å². The van der Waals surface area contributed by atoms with Gasteiger partial charge in [0.25, 0.3) is 0 Å². The van der Waals surface area contributed by atoms with Gasteiger partial charge in [0.2, 0.25) is 0 Å². The summed E-state index contributed by atoms with van der Waals surface area (Å²) in [5.41, 5.74) is 0. The number of nitrogens with one attached hydrogen (secondary N) is 1. The highest BCUT2D eigenvalue weighted by Crippen LogP contribution is 2.13. The summed E-state index contributed by atoms with van der Waals surface area (Å²) in [4.78, 5) is 22.7. The van der Waals surface area contributed by atoms with E-state index in [2.05, 4.69) is 0 Å². The van der Waals surface area contributed by atoms with Gasteiger partial charge in [0, 0.05) is 6.04 Å². The fourth-order valence-electron chi connectivity index (χ4n) is 1.07. The van der Waals surface area contributed by atoms with E-state index in [1.807, 2.05) is 0 Å². The van der Waals surface area contributed by atoms with E-state index in [1.165, 1.54) is 0 Å². The van der Waals surface area contributed by atoms with Crippen molar-refractivity contribution in [3.05, 3.63) is 0 Å². The number of halogens is 3. The minimum atomic E-state index is -4.51. The Kier molecular flexibility index (Phi) is 5.77. The molecule has 0 aliphatic rings. The Hall–Kier alpha value is -1.47. The molecule has 5 nitrogen and oxygen atoms in total. The van der Waals surface area contributed by atoms with Crippen LogP contribution in [0.15, 0.2) is 0 Å². The van der Waals surface area contributed by atoms with Crippen LogP contribution in [0.1, 0.15) is 20.3 Å². The first-order valence-corrected chi connectivity index (χ1v) is 5.00. The number of carbonyl (C=O) groups excluding carboxylic acids is 1. The third kappa shape index (κ3) is 6.64. The Balaban J connectivity index is 4.48. The third-order valence-corrected chi connectivity index (χ3v) is 2.13. The Morgan fingerprint density at radius 3 is 2.29 bits per heavy atom. The molecule has 0 saturated heterocycles. The molecule has 17 heavy (non-hydrogen) atoms. The summed E-state index contributed by atoms with van der Waals surface area (Å²) in [7, 11) is 0. The molecule has 1 atom stereocenters. The molecule has 1 unspecified atom stereocenters. The maximum atomic E-state index is 11.9. The molecule has 0 bridgehead atoms. The Morgan fingerprint density at radius 2 is 1.94 bits per heavy atom. The molecule has 0 aliphatic heterocycles. The molecule has 0 fully saturated rings. The van der Waals surface area contributed by atoms with E-state index in [0.29, 0.717) is 6.42 Å². The van der Waals surface area contributed by atoms with Crippen LogP contribution in [0.4, 0.5) is 18.0 Å². The normalized spacial score (nSPS) is 13.0. The molecule has 0 aliphatic carbocycles. The van der Waals surface area contributed by atoms with Gasteiger partial charge in [-0.25, -0.2) is 4.79 Å². The number of nitrogens with zero attached hydrogens (tertiary/aromatic N) is 1. The van der Waals surface area contributed by atoms with E-state index in [-0.39, 0.29) is 0 Å². The molecule has 2 N–H and O–H groups in total. The maximum absolute atomic E-state index is 11.9. The maximum Gasteiger partial charge on any atom is 0.405 e. The molecule has 2 amide bonds. The van der Waals surface area contributed by atoms with Gasteiger partial charge in [0.15, 0.2) is 0 Å².